The van der Waals surface area contributed by atoms with Gasteiger partial charge in [0.05, 0.1) is 17.6 Å². The molecule has 0 N–H and O–H groups in total. The van der Waals surface area contributed by atoms with Crippen molar-refractivity contribution < 1.29 is 13.2 Å². The predicted octanol–water partition coefficient (Wildman–Crippen LogP) is 3.21. The molecule has 0 saturated carbocycles. The summed E-state index contributed by atoms with van der Waals surface area (Å²) in [6, 6.07) is 1.97. The molecule has 0 bridgehead atoms. The molecule has 0 radical (unpaired) electrons. The van der Waals surface area contributed by atoms with E-state index in [0.717, 1.165) is 6.08 Å². The molecule has 0 heterocycles. The summed E-state index contributed by atoms with van der Waals surface area (Å²) in [7, 11) is 0. The Morgan fingerprint density at radius 1 is 1.43 bits per heavy atom. The normalized spacial score (nSPS) is 27.7. The first-order valence-electron chi connectivity index (χ1n) is 4.23. The molecule has 1 aliphatic rings. The largest absolute Gasteiger partial charge is 0.416 e. The molecule has 76 valence electrons. The van der Waals surface area contributed by atoms with Gasteiger partial charge in [-0.1, -0.05) is 24.6 Å². The second-order valence-electron chi connectivity index (χ2n) is 3.40. The summed E-state index contributed by atoms with van der Waals surface area (Å²) in [4.78, 5) is 0. The number of nitrogens with zero attached hydrogens (tertiary/aromatic N) is 1. The molecule has 14 heavy (non-hydrogen) atoms. The SMILES string of the molecule is CC1=C(C(F)(F)F)C=CC(C#N)C1C. The van der Waals surface area contributed by atoms with Crippen LogP contribution >= 0.6 is 0 Å². The Balaban J connectivity index is 3.08. The van der Waals surface area contributed by atoms with Crippen LogP contribution < -0.4 is 0 Å². The lowest BCUT2D eigenvalue weighted by Gasteiger charge is -2.24. The molecule has 0 amide bonds. The lowest BCUT2D eigenvalue weighted by Crippen LogP contribution is -2.21. The van der Waals surface area contributed by atoms with Gasteiger partial charge in [0.25, 0.3) is 0 Å². The summed E-state index contributed by atoms with van der Waals surface area (Å²) in [5.74, 6) is -0.803. The van der Waals surface area contributed by atoms with Gasteiger partial charge in [-0.2, -0.15) is 18.4 Å². The van der Waals surface area contributed by atoms with Gasteiger partial charge in [-0.3, -0.25) is 0 Å². The van der Waals surface area contributed by atoms with Crippen molar-refractivity contribution in [3.8, 4) is 6.07 Å². The zero-order chi connectivity index (χ0) is 10.9. The Morgan fingerprint density at radius 3 is 2.43 bits per heavy atom. The van der Waals surface area contributed by atoms with Crippen molar-refractivity contribution in [1.82, 2.24) is 0 Å². The Bertz CT molecular complexity index is 330. The molecular formula is C10H10F3N. The molecule has 0 spiro atoms. The highest BCUT2D eigenvalue weighted by molar-refractivity contribution is 5.36. The van der Waals surface area contributed by atoms with Gasteiger partial charge in [0.2, 0.25) is 0 Å². The van der Waals surface area contributed by atoms with Gasteiger partial charge in [0.15, 0.2) is 0 Å². The van der Waals surface area contributed by atoms with Crippen LogP contribution in [0.25, 0.3) is 0 Å². The van der Waals surface area contributed by atoms with Crippen LogP contribution in [0.4, 0.5) is 13.2 Å². The summed E-state index contributed by atoms with van der Waals surface area (Å²) in [6.07, 6.45) is -1.99. The van der Waals surface area contributed by atoms with Gasteiger partial charge in [-0.25, -0.2) is 0 Å². The molecular weight excluding hydrogens is 191 g/mol. The first kappa shape index (κ1) is 10.8. The zero-order valence-corrected chi connectivity index (χ0v) is 7.89. The van der Waals surface area contributed by atoms with Crippen LogP contribution in [0.5, 0.6) is 0 Å². The highest BCUT2D eigenvalue weighted by atomic mass is 19.4. The maximum absolute atomic E-state index is 12.4. The summed E-state index contributed by atoms with van der Waals surface area (Å²) in [6.45, 7) is 3.07. The second-order valence-corrected chi connectivity index (χ2v) is 3.40. The number of alkyl halides is 3. The van der Waals surface area contributed by atoms with Crippen LogP contribution in [0.3, 0.4) is 0 Å². The average molecular weight is 201 g/mol. The number of hydrogen-bond acceptors (Lipinski definition) is 1. The molecule has 2 atom stereocenters. The van der Waals surface area contributed by atoms with Crippen molar-refractivity contribution in [2.24, 2.45) is 11.8 Å². The third kappa shape index (κ3) is 1.82. The quantitative estimate of drug-likeness (QED) is 0.590. The van der Waals surface area contributed by atoms with E-state index in [1.807, 2.05) is 6.07 Å². The molecule has 0 aromatic heterocycles. The molecule has 2 unspecified atom stereocenters. The second kappa shape index (κ2) is 3.49. The topological polar surface area (TPSA) is 23.8 Å². The van der Waals surface area contributed by atoms with Crippen LogP contribution in [0.1, 0.15) is 13.8 Å². The Labute approximate surface area is 80.5 Å². The van der Waals surface area contributed by atoms with E-state index in [2.05, 4.69) is 0 Å². The molecule has 0 aromatic carbocycles. The minimum absolute atomic E-state index is 0.242. The van der Waals surface area contributed by atoms with E-state index in [9.17, 15) is 13.2 Å². The van der Waals surface area contributed by atoms with E-state index in [0.29, 0.717) is 0 Å². The van der Waals surface area contributed by atoms with E-state index in [1.165, 1.54) is 13.0 Å². The Morgan fingerprint density at radius 2 is 2.00 bits per heavy atom. The highest BCUT2D eigenvalue weighted by Crippen LogP contribution is 2.37. The van der Waals surface area contributed by atoms with Crippen LogP contribution in [0, 0.1) is 23.2 Å². The lowest BCUT2D eigenvalue weighted by atomic mass is 9.82. The van der Waals surface area contributed by atoms with E-state index in [1.54, 1.807) is 6.92 Å². The molecule has 1 rings (SSSR count). The maximum Gasteiger partial charge on any atom is 0.416 e. The van der Waals surface area contributed by atoms with Crippen LogP contribution in [0.15, 0.2) is 23.3 Å². The van der Waals surface area contributed by atoms with Crippen molar-refractivity contribution in [2.45, 2.75) is 20.0 Å². The number of allylic oxidation sites excluding steroid dienone is 4. The zero-order valence-electron chi connectivity index (χ0n) is 7.89. The molecule has 0 aliphatic heterocycles. The number of halogens is 3. The third-order valence-corrected chi connectivity index (χ3v) is 2.57. The fourth-order valence-corrected chi connectivity index (χ4v) is 1.49. The molecule has 1 aliphatic carbocycles. The molecule has 0 fully saturated rings. The number of nitriles is 1. The third-order valence-electron chi connectivity index (χ3n) is 2.57. The van der Waals surface area contributed by atoms with Crippen molar-refractivity contribution in [3.63, 3.8) is 0 Å². The van der Waals surface area contributed by atoms with Crippen LogP contribution in [-0.4, -0.2) is 6.18 Å². The van der Waals surface area contributed by atoms with Gasteiger partial charge in [0.1, 0.15) is 0 Å². The molecule has 4 heteroatoms. The van der Waals surface area contributed by atoms with E-state index < -0.39 is 17.7 Å². The maximum atomic E-state index is 12.4. The summed E-state index contributed by atoms with van der Waals surface area (Å²) in [5, 5.41) is 8.66. The monoisotopic (exact) mass is 201 g/mol. The summed E-state index contributed by atoms with van der Waals surface area (Å²) in [5.41, 5.74) is -0.372. The average Bonchev–Trinajstić information content (AvgIpc) is 2.07. The lowest BCUT2D eigenvalue weighted by molar-refractivity contribution is -0.0897. The Hall–Kier alpha value is -1.24. The van der Waals surface area contributed by atoms with Crippen LogP contribution in [-0.2, 0) is 0 Å². The minimum Gasteiger partial charge on any atom is -0.198 e. The molecule has 1 nitrogen and oxygen atoms in total. The fourth-order valence-electron chi connectivity index (χ4n) is 1.49. The minimum atomic E-state index is -4.31. The van der Waals surface area contributed by atoms with Crippen molar-refractivity contribution >= 4 is 0 Å². The van der Waals surface area contributed by atoms with Gasteiger partial charge in [-0.15, -0.1) is 0 Å². The number of rotatable bonds is 0. The van der Waals surface area contributed by atoms with Gasteiger partial charge in [0, 0.05) is 0 Å². The van der Waals surface area contributed by atoms with Crippen molar-refractivity contribution in [1.29, 1.82) is 5.26 Å². The first-order valence-corrected chi connectivity index (χ1v) is 4.23. The highest BCUT2D eigenvalue weighted by Gasteiger charge is 2.37. The van der Waals surface area contributed by atoms with Gasteiger partial charge in [-0.05, 0) is 12.8 Å². The van der Waals surface area contributed by atoms with Crippen molar-refractivity contribution in [3.05, 3.63) is 23.3 Å². The van der Waals surface area contributed by atoms with Gasteiger partial charge < -0.3 is 0 Å². The molecule has 0 saturated heterocycles. The van der Waals surface area contributed by atoms with E-state index >= 15 is 0 Å². The Kier molecular flexibility index (Phi) is 2.70. The molecule has 0 aromatic rings. The smallest absolute Gasteiger partial charge is 0.198 e. The summed E-state index contributed by atoms with van der Waals surface area (Å²) < 4.78 is 37.2. The standard InChI is InChI=1S/C10H10F3N/c1-6-7(2)9(10(11,12)13)4-3-8(6)5-14/h3-4,6,8H,1-2H3. The van der Waals surface area contributed by atoms with E-state index in [4.69, 9.17) is 5.26 Å². The van der Waals surface area contributed by atoms with Crippen LogP contribution in [0.2, 0.25) is 0 Å². The van der Waals surface area contributed by atoms with Crippen molar-refractivity contribution in [2.75, 3.05) is 0 Å². The number of hydrogen-bond donors (Lipinski definition) is 0. The predicted molar refractivity (Wildman–Crippen MR) is 46.2 cm³/mol. The summed E-state index contributed by atoms with van der Waals surface area (Å²) >= 11 is 0. The first-order chi connectivity index (χ1) is 6.38. The van der Waals surface area contributed by atoms with Gasteiger partial charge >= 0.3 is 6.18 Å². The fraction of sp³-hybridized carbons (Fsp3) is 0.500. The van der Waals surface area contributed by atoms with E-state index in [-0.39, 0.29) is 11.5 Å².